The standard InChI is InChI=1S/C28H39N3O7/c32-23-13-7-14-24-30(23)15-5-1-2-8-18-11-6-12-22(18)38-28(36)29-25(19-9-3-4-10-19)26(33)31-17-20(37-24)16-21(31)27(34)35/h7,13-14,18-22,25H,1-6,8-12,15-17H2,(H,29,36)(H,34,35)/t18-,20-,21+,22-,25+/m1/s1. The minimum atomic E-state index is -1.11. The summed E-state index contributed by atoms with van der Waals surface area (Å²) in [6.07, 6.45) is 8.79. The van der Waals surface area contributed by atoms with Crippen LogP contribution < -0.4 is 15.6 Å². The summed E-state index contributed by atoms with van der Waals surface area (Å²) in [4.78, 5) is 53.1. The lowest BCUT2D eigenvalue weighted by molar-refractivity contribution is -0.149. The average molecular weight is 530 g/mol. The van der Waals surface area contributed by atoms with Crippen LogP contribution in [-0.2, 0) is 20.9 Å². The van der Waals surface area contributed by atoms with Crippen LogP contribution in [0, 0.1) is 11.8 Å². The number of hydrogen-bond acceptors (Lipinski definition) is 6. The molecule has 2 saturated carbocycles. The number of hydrogen-bond donors (Lipinski definition) is 2. The van der Waals surface area contributed by atoms with Crippen LogP contribution in [0.5, 0.6) is 5.88 Å². The van der Waals surface area contributed by atoms with Gasteiger partial charge in [-0.2, -0.15) is 0 Å². The van der Waals surface area contributed by atoms with Crippen molar-refractivity contribution in [1.82, 2.24) is 14.8 Å². The monoisotopic (exact) mass is 529 g/mol. The Morgan fingerprint density at radius 2 is 1.63 bits per heavy atom. The van der Waals surface area contributed by atoms with Gasteiger partial charge in [-0.3, -0.25) is 14.2 Å². The quantitative estimate of drug-likeness (QED) is 0.602. The zero-order valence-corrected chi connectivity index (χ0v) is 21.9. The predicted octanol–water partition coefficient (Wildman–Crippen LogP) is 3.31. The Morgan fingerprint density at radius 3 is 2.42 bits per heavy atom. The van der Waals surface area contributed by atoms with Crippen LogP contribution in [0.2, 0.25) is 0 Å². The zero-order valence-electron chi connectivity index (χ0n) is 21.9. The number of nitrogens with one attached hydrogen (secondary N) is 1. The third-order valence-electron chi connectivity index (χ3n) is 8.84. The molecule has 1 aromatic rings. The summed E-state index contributed by atoms with van der Waals surface area (Å²) in [5.41, 5.74) is -0.161. The fraction of sp³-hybridized carbons (Fsp3) is 0.714. The van der Waals surface area contributed by atoms with Crippen LogP contribution in [0.3, 0.4) is 0 Å². The maximum Gasteiger partial charge on any atom is 0.408 e. The number of ether oxygens (including phenoxy) is 2. The van der Waals surface area contributed by atoms with Gasteiger partial charge in [-0.15, -0.1) is 0 Å². The Labute approximate surface area is 222 Å². The summed E-state index contributed by atoms with van der Waals surface area (Å²) in [7, 11) is 0. The maximum atomic E-state index is 13.9. The van der Waals surface area contributed by atoms with E-state index in [0.717, 1.165) is 70.6 Å². The third-order valence-corrected chi connectivity index (χ3v) is 8.84. The molecule has 10 nitrogen and oxygen atoms in total. The van der Waals surface area contributed by atoms with Crippen molar-refractivity contribution in [2.75, 3.05) is 6.54 Å². The van der Waals surface area contributed by atoms with Crippen LogP contribution in [0.25, 0.3) is 0 Å². The molecule has 2 amide bonds. The molecule has 2 bridgehead atoms. The average Bonchev–Trinajstić information content (AvgIpc) is 3.65. The predicted molar refractivity (Wildman–Crippen MR) is 138 cm³/mol. The highest BCUT2D eigenvalue weighted by Gasteiger charge is 2.45. The summed E-state index contributed by atoms with van der Waals surface area (Å²) in [6.45, 7) is 0.576. The first-order valence-electron chi connectivity index (χ1n) is 14.3. The number of nitrogens with zero attached hydrogens (tertiary/aromatic N) is 2. The van der Waals surface area contributed by atoms with E-state index in [-0.39, 0.29) is 36.5 Å². The molecule has 208 valence electrons. The summed E-state index contributed by atoms with van der Waals surface area (Å²) >= 11 is 0. The van der Waals surface area contributed by atoms with Crippen molar-refractivity contribution in [3.05, 3.63) is 28.6 Å². The van der Waals surface area contributed by atoms with E-state index in [1.807, 2.05) is 0 Å². The molecule has 2 N–H and O–H groups in total. The van der Waals surface area contributed by atoms with Crippen molar-refractivity contribution < 1.29 is 29.0 Å². The SMILES string of the molecule is O=C1N[C@@H](C2CCCC2)C(=O)N2C[C@@H](C[C@H]2C(=O)O)Oc2cccc(=O)n2CCCCC[C@@H]2CCC[C@H]2O1. The highest BCUT2D eigenvalue weighted by atomic mass is 16.6. The topological polar surface area (TPSA) is 127 Å². The fourth-order valence-corrected chi connectivity index (χ4v) is 6.85. The smallest absolute Gasteiger partial charge is 0.408 e. The molecule has 10 heteroatoms. The first kappa shape index (κ1) is 26.6. The van der Waals surface area contributed by atoms with Crippen molar-refractivity contribution in [1.29, 1.82) is 0 Å². The maximum absolute atomic E-state index is 13.9. The second kappa shape index (κ2) is 11.8. The van der Waals surface area contributed by atoms with Gasteiger partial charge in [0.15, 0.2) is 5.88 Å². The lowest BCUT2D eigenvalue weighted by Gasteiger charge is -2.31. The number of carboxylic acid groups (broad SMARTS) is 1. The van der Waals surface area contributed by atoms with Crippen molar-refractivity contribution in [2.24, 2.45) is 11.8 Å². The lowest BCUT2D eigenvalue weighted by atomic mass is 9.96. The number of aliphatic carboxylic acids is 1. The van der Waals surface area contributed by atoms with Gasteiger partial charge in [0.1, 0.15) is 24.3 Å². The molecule has 5 atom stereocenters. The van der Waals surface area contributed by atoms with Crippen LogP contribution in [0.1, 0.15) is 77.0 Å². The van der Waals surface area contributed by atoms with Crippen LogP contribution in [0.4, 0.5) is 4.79 Å². The molecular weight excluding hydrogens is 490 g/mol. The summed E-state index contributed by atoms with van der Waals surface area (Å²) in [5.74, 6) is -0.890. The molecule has 1 saturated heterocycles. The Bertz CT molecular complexity index is 1080. The van der Waals surface area contributed by atoms with Gasteiger partial charge in [0, 0.05) is 19.0 Å². The van der Waals surface area contributed by atoms with E-state index in [0.29, 0.717) is 12.4 Å². The molecule has 0 radical (unpaired) electrons. The van der Waals surface area contributed by atoms with E-state index < -0.39 is 36.2 Å². The first-order valence-corrected chi connectivity index (χ1v) is 14.3. The highest BCUT2D eigenvalue weighted by molar-refractivity contribution is 5.90. The van der Waals surface area contributed by atoms with E-state index in [1.165, 1.54) is 11.0 Å². The minimum Gasteiger partial charge on any atom is -0.480 e. The number of amides is 2. The van der Waals surface area contributed by atoms with Crippen molar-refractivity contribution in [2.45, 2.75) is 108 Å². The molecule has 1 aromatic heterocycles. The van der Waals surface area contributed by atoms with E-state index in [9.17, 15) is 24.3 Å². The van der Waals surface area contributed by atoms with E-state index in [1.54, 1.807) is 16.7 Å². The van der Waals surface area contributed by atoms with Crippen LogP contribution >= 0.6 is 0 Å². The molecule has 2 aliphatic carbocycles. The molecule has 38 heavy (non-hydrogen) atoms. The molecule has 4 aliphatic rings. The molecule has 5 rings (SSSR count). The first-order chi connectivity index (χ1) is 18.4. The molecule has 0 spiro atoms. The Morgan fingerprint density at radius 1 is 0.895 bits per heavy atom. The molecule has 3 fully saturated rings. The third kappa shape index (κ3) is 5.83. The van der Waals surface area contributed by atoms with Gasteiger partial charge >= 0.3 is 12.1 Å². The van der Waals surface area contributed by atoms with E-state index in [4.69, 9.17) is 9.47 Å². The molecule has 2 aliphatic heterocycles. The number of alkyl carbamates (subject to hydrolysis) is 1. The number of carbonyl (C=O) groups excluding carboxylic acids is 2. The van der Waals surface area contributed by atoms with Gasteiger partial charge in [0.2, 0.25) is 5.91 Å². The second-order valence-electron chi connectivity index (χ2n) is 11.3. The fourth-order valence-electron chi connectivity index (χ4n) is 6.85. The van der Waals surface area contributed by atoms with Crippen molar-refractivity contribution in [3.8, 4) is 5.88 Å². The largest absolute Gasteiger partial charge is 0.480 e. The molecular formula is C28H39N3O7. The van der Waals surface area contributed by atoms with Gasteiger partial charge in [-0.25, -0.2) is 9.59 Å². The van der Waals surface area contributed by atoms with Gasteiger partial charge in [0.05, 0.1) is 6.54 Å². The van der Waals surface area contributed by atoms with Crippen LogP contribution in [0.15, 0.2) is 23.0 Å². The Hall–Kier alpha value is -3.04. The molecule has 0 aromatic carbocycles. The summed E-state index contributed by atoms with van der Waals surface area (Å²) < 4.78 is 13.6. The van der Waals surface area contributed by atoms with Crippen molar-refractivity contribution >= 4 is 18.0 Å². The number of fused-ring (bicyclic) bond motifs is 4. The van der Waals surface area contributed by atoms with Gasteiger partial charge in [0.25, 0.3) is 5.56 Å². The number of carboxylic acids is 1. The number of carbonyl (C=O) groups is 3. The van der Waals surface area contributed by atoms with Crippen molar-refractivity contribution in [3.63, 3.8) is 0 Å². The lowest BCUT2D eigenvalue weighted by Crippen LogP contribution is -2.55. The summed E-state index contributed by atoms with van der Waals surface area (Å²) in [6, 6.07) is 2.96. The summed E-state index contributed by atoms with van der Waals surface area (Å²) in [5, 5.41) is 12.8. The minimum absolute atomic E-state index is 0.0614. The van der Waals surface area contributed by atoms with E-state index >= 15 is 0 Å². The highest BCUT2D eigenvalue weighted by Crippen LogP contribution is 2.34. The molecule has 0 unspecified atom stereocenters. The van der Waals surface area contributed by atoms with Gasteiger partial charge < -0.3 is 24.8 Å². The van der Waals surface area contributed by atoms with Crippen LogP contribution in [-0.4, -0.2) is 63.4 Å². The zero-order chi connectivity index (χ0) is 26.6. The van der Waals surface area contributed by atoms with E-state index in [2.05, 4.69) is 5.32 Å². The Kier molecular flexibility index (Phi) is 8.24. The second-order valence-corrected chi connectivity index (χ2v) is 11.3. The Balaban J connectivity index is 1.44. The molecule has 3 heterocycles. The normalized spacial score (nSPS) is 31.4. The number of aromatic nitrogens is 1. The number of rotatable bonds is 2. The van der Waals surface area contributed by atoms with Gasteiger partial charge in [-0.1, -0.05) is 31.7 Å². The number of pyridine rings is 1. The van der Waals surface area contributed by atoms with Gasteiger partial charge in [-0.05, 0) is 62.8 Å².